The standard InChI is InChI=1S/C13H24N2O5S/c1-10(2)6-14-7-11-4-5-12(20-11)21(18,19)15-13(3,8-16)9-17/h4-5,10,14-17H,6-9H2,1-3H3. The average Bonchev–Trinajstić information content (AvgIpc) is 2.87. The topological polar surface area (TPSA) is 112 Å². The number of hydrogen-bond donors (Lipinski definition) is 4. The molecule has 122 valence electrons. The molecule has 0 aliphatic carbocycles. The molecule has 0 aromatic carbocycles. The van der Waals surface area contributed by atoms with E-state index in [1.54, 1.807) is 6.07 Å². The van der Waals surface area contributed by atoms with E-state index >= 15 is 0 Å². The minimum Gasteiger partial charge on any atom is -0.447 e. The van der Waals surface area contributed by atoms with E-state index in [0.717, 1.165) is 6.54 Å². The molecule has 1 heterocycles. The molecule has 8 heteroatoms. The van der Waals surface area contributed by atoms with Gasteiger partial charge in [0.05, 0.1) is 25.3 Å². The van der Waals surface area contributed by atoms with Crippen LogP contribution in [0.1, 0.15) is 26.5 Å². The number of rotatable bonds is 9. The molecule has 0 bridgehead atoms. The molecule has 0 aliphatic heterocycles. The molecule has 4 N–H and O–H groups in total. The minimum absolute atomic E-state index is 0.239. The minimum atomic E-state index is -3.93. The van der Waals surface area contributed by atoms with E-state index in [2.05, 4.69) is 23.9 Å². The second-order valence-corrected chi connectivity index (χ2v) is 7.34. The molecule has 0 saturated carbocycles. The molecule has 0 atom stereocenters. The number of hydrogen-bond acceptors (Lipinski definition) is 6. The Kier molecular flexibility index (Phi) is 6.36. The molecular weight excluding hydrogens is 296 g/mol. The Morgan fingerprint density at radius 1 is 1.29 bits per heavy atom. The Balaban J connectivity index is 2.74. The molecule has 1 aromatic rings. The van der Waals surface area contributed by atoms with E-state index in [-0.39, 0.29) is 5.09 Å². The predicted octanol–water partition coefficient (Wildman–Crippen LogP) is 0.0468. The summed E-state index contributed by atoms with van der Waals surface area (Å²) in [5.41, 5.74) is -1.33. The van der Waals surface area contributed by atoms with Gasteiger partial charge in [-0.3, -0.25) is 0 Å². The Labute approximate surface area is 125 Å². The van der Waals surface area contributed by atoms with Gasteiger partial charge in [0.1, 0.15) is 5.76 Å². The van der Waals surface area contributed by atoms with Crippen LogP contribution in [0.5, 0.6) is 0 Å². The van der Waals surface area contributed by atoms with Crippen molar-refractivity contribution < 1.29 is 23.0 Å². The largest absolute Gasteiger partial charge is 0.447 e. The van der Waals surface area contributed by atoms with Gasteiger partial charge in [-0.1, -0.05) is 13.8 Å². The smallest absolute Gasteiger partial charge is 0.274 e. The van der Waals surface area contributed by atoms with Gasteiger partial charge in [-0.25, -0.2) is 8.42 Å². The summed E-state index contributed by atoms with van der Waals surface area (Å²) in [6.45, 7) is 5.73. The zero-order chi connectivity index (χ0) is 16.1. The summed E-state index contributed by atoms with van der Waals surface area (Å²) in [5, 5.41) is 21.2. The van der Waals surface area contributed by atoms with Gasteiger partial charge in [-0.2, -0.15) is 4.72 Å². The van der Waals surface area contributed by atoms with Crippen LogP contribution in [0, 0.1) is 5.92 Å². The van der Waals surface area contributed by atoms with Crippen molar-refractivity contribution in [2.24, 2.45) is 5.92 Å². The molecule has 0 spiro atoms. The van der Waals surface area contributed by atoms with Crippen LogP contribution in [-0.2, 0) is 16.6 Å². The van der Waals surface area contributed by atoms with E-state index in [1.807, 2.05) is 0 Å². The quantitative estimate of drug-likeness (QED) is 0.511. The van der Waals surface area contributed by atoms with Crippen LogP contribution < -0.4 is 10.0 Å². The van der Waals surface area contributed by atoms with Gasteiger partial charge >= 0.3 is 0 Å². The Morgan fingerprint density at radius 2 is 1.90 bits per heavy atom. The second kappa shape index (κ2) is 7.37. The van der Waals surface area contributed by atoms with Crippen LogP contribution in [0.25, 0.3) is 0 Å². The average molecular weight is 320 g/mol. The van der Waals surface area contributed by atoms with Crippen molar-refractivity contribution in [3.05, 3.63) is 17.9 Å². The number of furan rings is 1. The summed E-state index contributed by atoms with van der Waals surface area (Å²) in [7, 11) is -3.93. The molecule has 21 heavy (non-hydrogen) atoms. The lowest BCUT2D eigenvalue weighted by atomic mass is 10.1. The maximum absolute atomic E-state index is 12.1. The summed E-state index contributed by atoms with van der Waals surface area (Å²) in [4.78, 5) is 0. The molecule has 0 amide bonds. The lowest BCUT2D eigenvalue weighted by molar-refractivity contribution is 0.121. The fraction of sp³-hybridized carbons (Fsp3) is 0.692. The molecule has 0 aliphatic rings. The number of aliphatic hydroxyl groups is 2. The molecule has 0 unspecified atom stereocenters. The predicted molar refractivity (Wildman–Crippen MR) is 78.2 cm³/mol. The van der Waals surface area contributed by atoms with Gasteiger partial charge in [-0.15, -0.1) is 0 Å². The summed E-state index contributed by atoms with van der Waals surface area (Å²) >= 11 is 0. The summed E-state index contributed by atoms with van der Waals surface area (Å²) in [6.07, 6.45) is 0. The third kappa shape index (κ3) is 5.40. The Morgan fingerprint density at radius 3 is 2.43 bits per heavy atom. The lowest BCUT2D eigenvalue weighted by Gasteiger charge is -2.24. The fourth-order valence-electron chi connectivity index (χ4n) is 1.57. The molecule has 1 aromatic heterocycles. The van der Waals surface area contributed by atoms with Crippen LogP contribution in [0.15, 0.2) is 21.6 Å². The van der Waals surface area contributed by atoms with Gasteiger partial charge in [0.2, 0.25) is 5.09 Å². The van der Waals surface area contributed by atoms with Gasteiger partial charge < -0.3 is 19.9 Å². The highest BCUT2D eigenvalue weighted by atomic mass is 32.2. The number of nitrogens with one attached hydrogen (secondary N) is 2. The third-order valence-electron chi connectivity index (χ3n) is 2.83. The summed E-state index contributed by atoms with van der Waals surface area (Å²) in [5.74, 6) is 0.991. The maximum Gasteiger partial charge on any atom is 0.274 e. The van der Waals surface area contributed by atoms with Crippen molar-refractivity contribution in [3.63, 3.8) is 0 Å². The molecular formula is C13H24N2O5S. The van der Waals surface area contributed by atoms with E-state index in [0.29, 0.717) is 18.2 Å². The monoisotopic (exact) mass is 320 g/mol. The van der Waals surface area contributed by atoms with Gasteiger partial charge in [-0.05, 0) is 31.5 Å². The first-order valence-corrected chi connectivity index (χ1v) is 8.26. The van der Waals surface area contributed by atoms with Crippen LogP contribution in [0.2, 0.25) is 0 Å². The van der Waals surface area contributed by atoms with Crippen LogP contribution in [0.3, 0.4) is 0 Å². The van der Waals surface area contributed by atoms with E-state index in [1.165, 1.54) is 13.0 Å². The fourth-order valence-corrected chi connectivity index (χ4v) is 2.91. The first-order chi connectivity index (χ1) is 9.72. The van der Waals surface area contributed by atoms with Crippen molar-refractivity contribution in [2.75, 3.05) is 19.8 Å². The highest BCUT2D eigenvalue weighted by Crippen LogP contribution is 2.16. The number of sulfonamides is 1. The van der Waals surface area contributed by atoms with E-state index in [4.69, 9.17) is 14.6 Å². The zero-order valence-corrected chi connectivity index (χ0v) is 13.4. The number of aliphatic hydroxyl groups excluding tert-OH is 2. The van der Waals surface area contributed by atoms with Crippen LogP contribution in [0.4, 0.5) is 0 Å². The molecule has 7 nitrogen and oxygen atoms in total. The first-order valence-electron chi connectivity index (χ1n) is 6.77. The van der Waals surface area contributed by atoms with Crippen LogP contribution >= 0.6 is 0 Å². The van der Waals surface area contributed by atoms with Crippen LogP contribution in [-0.4, -0.2) is 43.9 Å². The van der Waals surface area contributed by atoms with Crippen molar-refractivity contribution in [1.82, 2.24) is 10.0 Å². The van der Waals surface area contributed by atoms with Crippen molar-refractivity contribution >= 4 is 10.0 Å². The molecule has 0 radical (unpaired) electrons. The third-order valence-corrected chi connectivity index (χ3v) is 4.34. The molecule has 0 fully saturated rings. The lowest BCUT2D eigenvalue weighted by Crippen LogP contribution is -2.51. The normalized spacial score (nSPS) is 13.0. The Bertz CT molecular complexity index is 535. The Hall–Kier alpha value is -0.930. The maximum atomic E-state index is 12.1. The van der Waals surface area contributed by atoms with Gasteiger partial charge in [0.25, 0.3) is 10.0 Å². The molecule has 1 rings (SSSR count). The summed E-state index contributed by atoms with van der Waals surface area (Å²) in [6, 6.07) is 2.93. The van der Waals surface area contributed by atoms with Crippen molar-refractivity contribution in [2.45, 2.75) is 37.9 Å². The van der Waals surface area contributed by atoms with Crippen molar-refractivity contribution in [1.29, 1.82) is 0 Å². The first kappa shape index (κ1) is 18.1. The van der Waals surface area contributed by atoms with Gasteiger partial charge in [0, 0.05) is 0 Å². The zero-order valence-electron chi connectivity index (χ0n) is 12.6. The van der Waals surface area contributed by atoms with Crippen molar-refractivity contribution in [3.8, 4) is 0 Å². The van der Waals surface area contributed by atoms with E-state index < -0.39 is 28.8 Å². The van der Waals surface area contributed by atoms with Gasteiger partial charge in [0.15, 0.2) is 0 Å². The second-order valence-electron chi connectivity index (χ2n) is 5.73. The molecule has 0 saturated heterocycles. The highest BCUT2D eigenvalue weighted by molar-refractivity contribution is 7.89. The highest BCUT2D eigenvalue weighted by Gasteiger charge is 2.31. The SMILES string of the molecule is CC(C)CNCc1ccc(S(=O)(=O)NC(C)(CO)CO)o1. The van der Waals surface area contributed by atoms with E-state index in [9.17, 15) is 8.42 Å². The summed E-state index contributed by atoms with van der Waals surface area (Å²) < 4.78 is 31.7.